The van der Waals surface area contributed by atoms with Crippen LogP contribution >= 0.6 is 0 Å². The Balaban J connectivity index is 2.07. The molecule has 0 saturated heterocycles. The van der Waals surface area contributed by atoms with Gasteiger partial charge >= 0.3 is 5.97 Å². The third kappa shape index (κ3) is 5.36. The first-order valence-corrected chi connectivity index (χ1v) is 5.45. The fraction of sp³-hybridized carbons (Fsp3) is 0.417. The van der Waals surface area contributed by atoms with Crippen LogP contribution in [0.4, 0.5) is 5.69 Å². The summed E-state index contributed by atoms with van der Waals surface area (Å²) in [5, 5.41) is 11.6. The normalized spacial score (nSPS) is 10.2. The van der Waals surface area contributed by atoms with Gasteiger partial charge in [0, 0.05) is 12.1 Å². The van der Waals surface area contributed by atoms with Crippen molar-refractivity contribution in [2.24, 2.45) is 0 Å². The third-order valence-corrected chi connectivity index (χ3v) is 2.31. The van der Waals surface area contributed by atoms with Gasteiger partial charge in [-0.1, -0.05) is 12.1 Å². The number of nitrogen functional groups attached to an aromatic ring is 1. The van der Waals surface area contributed by atoms with Crippen molar-refractivity contribution in [2.45, 2.75) is 19.3 Å². The van der Waals surface area contributed by atoms with E-state index in [4.69, 9.17) is 10.8 Å². The van der Waals surface area contributed by atoms with Crippen LogP contribution in [0, 0.1) is 0 Å². The molecule has 0 saturated carbocycles. The largest absolute Gasteiger partial charge is 0.481 e. The first-order valence-electron chi connectivity index (χ1n) is 5.45. The van der Waals surface area contributed by atoms with Gasteiger partial charge < -0.3 is 16.2 Å². The second kappa shape index (κ2) is 6.85. The van der Waals surface area contributed by atoms with Gasteiger partial charge in [-0.15, -0.1) is 0 Å². The van der Waals surface area contributed by atoms with Crippen molar-refractivity contribution in [3.63, 3.8) is 0 Å². The Labute approximate surface area is 95.5 Å². The molecule has 0 aliphatic heterocycles. The lowest BCUT2D eigenvalue weighted by Crippen LogP contribution is -2.19. The van der Waals surface area contributed by atoms with Crippen molar-refractivity contribution in [2.75, 3.05) is 18.8 Å². The van der Waals surface area contributed by atoms with Crippen LogP contribution < -0.4 is 11.1 Å². The van der Waals surface area contributed by atoms with Crippen molar-refractivity contribution >= 4 is 11.7 Å². The lowest BCUT2D eigenvalue weighted by molar-refractivity contribution is -0.137. The van der Waals surface area contributed by atoms with Crippen LogP contribution in [-0.2, 0) is 11.2 Å². The fourth-order valence-electron chi connectivity index (χ4n) is 1.41. The average Bonchev–Trinajstić information content (AvgIpc) is 2.25. The quantitative estimate of drug-likeness (QED) is 0.479. The topological polar surface area (TPSA) is 75.3 Å². The van der Waals surface area contributed by atoms with Gasteiger partial charge in [-0.3, -0.25) is 4.79 Å². The van der Waals surface area contributed by atoms with E-state index in [2.05, 4.69) is 5.32 Å². The summed E-state index contributed by atoms with van der Waals surface area (Å²) in [6, 6.07) is 7.79. The summed E-state index contributed by atoms with van der Waals surface area (Å²) in [5.41, 5.74) is 7.59. The summed E-state index contributed by atoms with van der Waals surface area (Å²) in [6.07, 6.45) is 1.85. The van der Waals surface area contributed by atoms with E-state index in [1.54, 1.807) is 0 Å². The summed E-state index contributed by atoms with van der Waals surface area (Å²) in [6.45, 7) is 1.62. The van der Waals surface area contributed by atoms with Crippen molar-refractivity contribution in [3.05, 3.63) is 29.8 Å². The van der Waals surface area contributed by atoms with Gasteiger partial charge in [-0.2, -0.15) is 0 Å². The summed E-state index contributed by atoms with van der Waals surface area (Å²) < 4.78 is 0. The molecule has 0 atom stereocenters. The predicted molar refractivity (Wildman–Crippen MR) is 64.3 cm³/mol. The van der Waals surface area contributed by atoms with Gasteiger partial charge in [0.2, 0.25) is 0 Å². The number of benzene rings is 1. The van der Waals surface area contributed by atoms with Gasteiger partial charge in [0.05, 0.1) is 0 Å². The lowest BCUT2D eigenvalue weighted by atomic mass is 10.1. The number of hydrogen-bond donors (Lipinski definition) is 3. The van der Waals surface area contributed by atoms with E-state index >= 15 is 0 Å². The standard InChI is InChI=1S/C12H18N2O2/c13-11-5-3-10(4-6-11)7-9-14-8-1-2-12(15)16/h3-6,14H,1-2,7-9,13H2,(H,15,16). The second-order valence-electron chi connectivity index (χ2n) is 3.74. The fourth-order valence-corrected chi connectivity index (χ4v) is 1.41. The molecule has 16 heavy (non-hydrogen) atoms. The third-order valence-electron chi connectivity index (χ3n) is 2.31. The van der Waals surface area contributed by atoms with E-state index in [1.165, 1.54) is 5.56 Å². The number of nitrogens with one attached hydrogen (secondary N) is 1. The van der Waals surface area contributed by atoms with E-state index in [1.807, 2.05) is 24.3 Å². The SMILES string of the molecule is Nc1ccc(CCNCCCC(=O)O)cc1. The molecule has 1 rings (SSSR count). The molecular weight excluding hydrogens is 204 g/mol. The molecule has 1 aromatic carbocycles. The van der Waals surface area contributed by atoms with Crippen LogP contribution in [0.25, 0.3) is 0 Å². The van der Waals surface area contributed by atoms with E-state index in [0.717, 1.165) is 25.2 Å². The summed E-state index contributed by atoms with van der Waals surface area (Å²) in [4.78, 5) is 10.2. The highest BCUT2D eigenvalue weighted by Crippen LogP contribution is 2.05. The molecule has 4 nitrogen and oxygen atoms in total. The van der Waals surface area contributed by atoms with Crippen molar-refractivity contribution in [1.29, 1.82) is 0 Å². The summed E-state index contributed by atoms with van der Waals surface area (Å²) >= 11 is 0. The Morgan fingerprint density at radius 3 is 2.56 bits per heavy atom. The van der Waals surface area contributed by atoms with Gasteiger partial charge in [0.1, 0.15) is 0 Å². The summed E-state index contributed by atoms with van der Waals surface area (Å²) in [7, 11) is 0. The molecule has 0 amide bonds. The molecule has 0 aliphatic carbocycles. The molecule has 0 fully saturated rings. The first-order chi connectivity index (χ1) is 7.68. The van der Waals surface area contributed by atoms with Crippen LogP contribution in [0.5, 0.6) is 0 Å². The molecule has 0 bridgehead atoms. The Bertz CT molecular complexity index is 322. The van der Waals surface area contributed by atoms with Gasteiger partial charge in [0.25, 0.3) is 0 Å². The number of carboxylic acids is 1. The van der Waals surface area contributed by atoms with Crippen LogP contribution in [-0.4, -0.2) is 24.2 Å². The molecule has 4 N–H and O–H groups in total. The number of rotatable bonds is 7. The van der Waals surface area contributed by atoms with Crippen molar-refractivity contribution in [1.82, 2.24) is 5.32 Å². The number of carbonyl (C=O) groups is 1. The molecule has 0 aromatic heterocycles. The number of hydrogen-bond acceptors (Lipinski definition) is 3. The number of aliphatic carboxylic acids is 1. The van der Waals surface area contributed by atoms with Gasteiger partial charge in [0.15, 0.2) is 0 Å². The molecule has 0 spiro atoms. The molecule has 1 aromatic rings. The summed E-state index contributed by atoms with van der Waals surface area (Å²) in [5.74, 6) is -0.736. The Morgan fingerprint density at radius 1 is 1.25 bits per heavy atom. The van der Waals surface area contributed by atoms with Crippen LogP contribution in [0.3, 0.4) is 0 Å². The van der Waals surface area contributed by atoms with E-state index < -0.39 is 5.97 Å². The zero-order valence-electron chi connectivity index (χ0n) is 9.28. The number of carboxylic acid groups (broad SMARTS) is 1. The molecule has 0 heterocycles. The molecule has 0 unspecified atom stereocenters. The van der Waals surface area contributed by atoms with Crippen molar-refractivity contribution in [3.8, 4) is 0 Å². The predicted octanol–water partition coefficient (Wildman–Crippen LogP) is 1.27. The first kappa shape index (κ1) is 12.5. The average molecular weight is 222 g/mol. The van der Waals surface area contributed by atoms with Gasteiger partial charge in [-0.25, -0.2) is 0 Å². The zero-order valence-corrected chi connectivity index (χ0v) is 9.28. The van der Waals surface area contributed by atoms with Crippen molar-refractivity contribution < 1.29 is 9.90 Å². The number of nitrogens with two attached hydrogens (primary N) is 1. The van der Waals surface area contributed by atoms with Crippen LogP contribution in [0.2, 0.25) is 0 Å². The monoisotopic (exact) mass is 222 g/mol. The van der Waals surface area contributed by atoms with E-state index in [9.17, 15) is 4.79 Å². The molecule has 88 valence electrons. The second-order valence-corrected chi connectivity index (χ2v) is 3.74. The molecule has 4 heteroatoms. The minimum atomic E-state index is -0.736. The van der Waals surface area contributed by atoms with Gasteiger partial charge in [-0.05, 0) is 43.6 Å². The highest BCUT2D eigenvalue weighted by molar-refractivity contribution is 5.66. The smallest absolute Gasteiger partial charge is 0.303 e. The van der Waals surface area contributed by atoms with E-state index in [-0.39, 0.29) is 6.42 Å². The molecule has 0 radical (unpaired) electrons. The molecular formula is C12H18N2O2. The maximum atomic E-state index is 10.2. The van der Waals surface area contributed by atoms with E-state index in [0.29, 0.717) is 6.42 Å². The molecule has 0 aliphatic rings. The minimum Gasteiger partial charge on any atom is -0.481 e. The lowest BCUT2D eigenvalue weighted by Gasteiger charge is -2.04. The highest BCUT2D eigenvalue weighted by Gasteiger charge is 1.96. The highest BCUT2D eigenvalue weighted by atomic mass is 16.4. The van der Waals surface area contributed by atoms with Crippen LogP contribution in [0.15, 0.2) is 24.3 Å². The Hall–Kier alpha value is -1.55. The zero-order chi connectivity index (χ0) is 11.8. The minimum absolute atomic E-state index is 0.231. The number of anilines is 1. The Morgan fingerprint density at radius 2 is 1.94 bits per heavy atom. The maximum absolute atomic E-state index is 10.2. The Kier molecular flexibility index (Phi) is 5.36. The maximum Gasteiger partial charge on any atom is 0.303 e. The van der Waals surface area contributed by atoms with Crippen LogP contribution in [0.1, 0.15) is 18.4 Å².